The van der Waals surface area contributed by atoms with Crippen molar-refractivity contribution in [2.24, 2.45) is 7.05 Å². The Hall–Kier alpha value is -2.92. The molecule has 0 spiro atoms. The predicted octanol–water partition coefficient (Wildman–Crippen LogP) is 3.47. The van der Waals surface area contributed by atoms with Crippen LogP contribution in [0.1, 0.15) is 11.1 Å². The van der Waals surface area contributed by atoms with E-state index in [2.05, 4.69) is 15.4 Å². The molecule has 0 unspecified atom stereocenters. The summed E-state index contributed by atoms with van der Waals surface area (Å²) in [6, 6.07) is 11.1. The lowest BCUT2D eigenvalue weighted by molar-refractivity contribution is -0.116. The molecule has 6 heteroatoms. The monoisotopic (exact) mass is 352 g/mol. The highest BCUT2D eigenvalue weighted by atomic mass is 35.5. The molecular weight excluding hydrogens is 336 g/mol. The first-order chi connectivity index (χ1) is 12.1. The zero-order valence-electron chi connectivity index (χ0n) is 13.7. The van der Waals surface area contributed by atoms with Gasteiger partial charge in [0.05, 0.1) is 11.9 Å². The van der Waals surface area contributed by atoms with Crippen molar-refractivity contribution in [3.05, 3.63) is 77.2 Å². The highest BCUT2D eigenvalue weighted by Gasteiger charge is 2.08. The first kappa shape index (κ1) is 16.9. The molecule has 0 aliphatic rings. The smallest absolute Gasteiger partial charge is 0.244 e. The number of rotatable bonds is 5. The zero-order chi connectivity index (χ0) is 17.6. The number of hydrogen-bond acceptors (Lipinski definition) is 3. The summed E-state index contributed by atoms with van der Waals surface area (Å²) in [5.41, 5.74) is 3.59. The molecule has 126 valence electrons. The van der Waals surface area contributed by atoms with Crippen LogP contribution in [0.2, 0.25) is 5.02 Å². The van der Waals surface area contributed by atoms with Crippen molar-refractivity contribution in [2.45, 2.75) is 6.54 Å². The SMILES string of the molecule is Cn1cc(-c2ncccc2CNC(=O)/C=C/c2ccc(Cl)cc2)cn1. The van der Waals surface area contributed by atoms with Gasteiger partial charge >= 0.3 is 0 Å². The van der Waals surface area contributed by atoms with Crippen molar-refractivity contribution in [1.82, 2.24) is 20.1 Å². The Morgan fingerprint density at radius 3 is 2.80 bits per heavy atom. The molecule has 0 bridgehead atoms. The minimum Gasteiger partial charge on any atom is -0.348 e. The molecule has 1 aromatic carbocycles. The van der Waals surface area contributed by atoms with E-state index >= 15 is 0 Å². The van der Waals surface area contributed by atoms with Crippen LogP contribution in [0, 0.1) is 0 Å². The minimum atomic E-state index is -0.170. The standard InChI is InChI=1S/C19H17ClN4O/c1-24-13-16(12-23-24)19-15(3-2-10-21-19)11-22-18(25)9-6-14-4-7-17(20)8-5-14/h2-10,12-13H,11H2,1H3,(H,22,25)/b9-6+. The number of pyridine rings is 1. The lowest BCUT2D eigenvalue weighted by Crippen LogP contribution is -2.20. The molecular formula is C19H17ClN4O. The fourth-order valence-corrected chi connectivity index (χ4v) is 2.50. The van der Waals surface area contributed by atoms with E-state index in [0.29, 0.717) is 11.6 Å². The van der Waals surface area contributed by atoms with Crippen molar-refractivity contribution in [1.29, 1.82) is 0 Å². The molecule has 0 radical (unpaired) electrons. The number of aromatic nitrogens is 3. The number of benzene rings is 1. The normalized spacial score (nSPS) is 11.0. The van der Waals surface area contributed by atoms with Crippen molar-refractivity contribution >= 4 is 23.6 Å². The number of carbonyl (C=O) groups is 1. The van der Waals surface area contributed by atoms with Gasteiger partial charge in [0.1, 0.15) is 0 Å². The van der Waals surface area contributed by atoms with Crippen molar-refractivity contribution in [3.63, 3.8) is 0 Å². The molecule has 1 N–H and O–H groups in total. The number of aryl methyl sites for hydroxylation is 1. The largest absolute Gasteiger partial charge is 0.348 e. The molecule has 5 nitrogen and oxygen atoms in total. The van der Waals surface area contributed by atoms with E-state index in [9.17, 15) is 4.79 Å². The van der Waals surface area contributed by atoms with Gasteiger partial charge in [-0.25, -0.2) is 0 Å². The second-order valence-corrected chi connectivity index (χ2v) is 5.95. The van der Waals surface area contributed by atoms with Crippen LogP contribution in [-0.2, 0) is 18.4 Å². The fraction of sp³-hybridized carbons (Fsp3) is 0.105. The molecule has 0 aliphatic heterocycles. The van der Waals surface area contributed by atoms with Crippen LogP contribution in [0.5, 0.6) is 0 Å². The molecule has 0 atom stereocenters. The average Bonchev–Trinajstić information content (AvgIpc) is 3.06. The van der Waals surface area contributed by atoms with Crippen LogP contribution >= 0.6 is 11.6 Å². The van der Waals surface area contributed by atoms with Gasteiger partial charge in [-0.15, -0.1) is 0 Å². The summed E-state index contributed by atoms with van der Waals surface area (Å²) in [6.45, 7) is 0.391. The van der Waals surface area contributed by atoms with Crippen LogP contribution in [0.25, 0.3) is 17.3 Å². The maximum Gasteiger partial charge on any atom is 0.244 e. The molecule has 2 heterocycles. The van der Waals surface area contributed by atoms with Gasteiger partial charge in [0.15, 0.2) is 0 Å². The lowest BCUT2D eigenvalue weighted by atomic mass is 10.1. The van der Waals surface area contributed by atoms with Crippen LogP contribution < -0.4 is 5.32 Å². The van der Waals surface area contributed by atoms with Gasteiger partial charge in [-0.3, -0.25) is 14.5 Å². The molecule has 0 saturated carbocycles. The number of amides is 1. The molecule has 0 fully saturated rings. The molecule has 2 aromatic heterocycles. The maximum atomic E-state index is 12.0. The first-order valence-electron chi connectivity index (χ1n) is 7.76. The fourth-order valence-electron chi connectivity index (χ4n) is 2.37. The summed E-state index contributed by atoms with van der Waals surface area (Å²) in [4.78, 5) is 16.5. The molecule has 3 rings (SSSR count). The summed E-state index contributed by atoms with van der Waals surface area (Å²) in [7, 11) is 1.86. The second-order valence-electron chi connectivity index (χ2n) is 5.52. The summed E-state index contributed by atoms with van der Waals surface area (Å²) < 4.78 is 1.72. The van der Waals surface area contributed by atoms with Crippen LogP contribution in [0.3, 0.4) is 0 Å². The van der Waals surface area contributed by atoms with E-state index in [1.54, 1.807) is 35.3 Å². The van der Waals surface area contributed by atoms with Crippen molar-refractivity contribution < 1.29 is 4.79 Å². The van der Waals surface area contributed by atoms with Gasteiger partial charge in [-0.05, 0) is 35.4 Å². The Morgan fingerprint density at radius 2 is 2.08 bits per heavy atom. The predicted molar refractivity (Wildman–Crippen MR) is 98.8 cm³/mol. The van der Waals surface area contributed by atoms with Crippen molar-refractivity contribution in [3.8, 4) is 11.3 Å². The lowest BCUT2D eigenvalue weighted by Gasteiger charge is -2.07. The third-order valence-corrected chi connectivity index (χ3v) is 3.87. The number of nitrogens with one attached hydrogen (secondary N) is 1. The van der Waals surface area contributed by atoms with E-state index < -0.39 is 0 Å². The highest BCUT2D eigenvalue weighted by Crippen LogP contribution is 2.20. The first-order valence-corrected chi connectivity index (χ1v) is 8.14. The Morgan fingerprint density at radius 1 is 1.28 bits per heavy atom. The summed E-state index contributed by atoms with van der Waals surface area (Å²) in [6.07, 6.45) is 8.64. The summed E-state index contributed by atoms with van der Waals surface area (Å²) in [5.74, 6) is -0.170. The van der Waals surface area contributed by atoms with E-state index in [1.165, 1.54) is 6.08 Å². The van der Waals surface area contributed by atoms with Gasteiger partial charge in [-0.2, -0.15) is 5.10 Å². The number of halogens is 1. The summed E-state index contributed by atoms with van der Waals surface area (Å²) >= 11 is 5.84. The molecule has 25 heavy (non-hydrogen) atoms. The van der Waals surface area contributed by atoms with Gasteiger partial charge < -0.3 is 5.32 Å². The van der Waals surface area contributed by atoms with E-state index in [1.807, 2.05) is 37.5 Å². The number of carbonyl (C=O) groups excluding carboxylic acids is 1. The quantitative estimate of drug-likeness (QED) is 0.715. The van der Waals surface area contributed by atoms with Crippen LogP contribution in [0.4, 0.5) is 0 Å². The van der Waals surface area contributed by atoms with E-state index in [4.69, 9.17) is 11.6 Å². The zero-order valence-corrected chi connectivity index (χ0v) is 14.4. The second kappa shape index (κ2) is 7.77. The third-order valence-electron chi connectivity index (χ3n) is 3.62. The van der Waals surface area contributed by atoms with Crippen molar-refractivity contribution in [2.75, 3.05) is 0 Å². The molecule has 0 saturated heterocycles. The van der Waals surface area contributed by atoms with E-state index in [0.717, 1.165) is 22.4 Å². The Kier molecular flexibility index (Phi) is 5.26. The van der Waals surface area contributed by atoms with Crippen LogP contribution in [-0.4, -0.2) is 20.7 Å². The topological polar surface area (TPSA) is 59.8 Å². The van der Waals surface area contributed by atoms with Gasteiger partial charge in [0.25, 0.3) is 0 Å². The summed E-state index contributed by atoms with van der Waals surface area (Å²) in [5, 5.41) is 7.71. The van der Waals surface area contributed by atoms with Gasteiger partial charge in [0.2, 0.25) is 5.91 Å². The Labute approximate surface area is 151 Å². The Balaban J connectivity index is 1.65. The van der Waals surface area contributed by atoms with Gasteiger partial charge in [0, 0.05) is 42.6 Å². The molecule has 0 aliphatic carbocycles. The average molecular weight is 353 g/mol. The number of hydrogen-bond donors (Lipinski definition) is 1. The van der Waals surface area contributed by atoms with E-state index in [-0.39, 0.29) is 5.91 Å². The minimum absolute atomic E-state index is 0.170. The highest BCUT2D eigenvalue weighted by molar-refractivity contribution is 6.30. The third kappa shape index (κ3) is 4.55. The number of nitrogens with zero attached hydrogens (tertiary/aromatic N) is 3. The van der Waals surface area contributed by atoms with Gasteiger partial charge in [-0.1, -0.05) is 29.8 Å². The molecule has 1 amide bonds. The molecule has 3 aromatic rings. The Bertz CT molecular complexity index is 900. The maximum absolute atomic E-state index is 12.0. The van der Waals surface area contributed by atoms with Crippen LogP contribution in [0.15, 0.2) is 61.1 Å².